The molecule has 0 saturated carbocycles. The van der Waals surface area contributed by atoms with Gasteiger partial charge in [-0.25, -0.2) is 9.59 Å². The zero-order chi connectivity index (χ0) is 22.9. The molecule has 0 spiro atoms. The molecule has 2 aromatic heterocycles. The predicted octanol–water partition coefficient (Wildman–Crippen LogP) is 4.76. The van der Waals surface area contributed by atoms with Crippen LogP contribution in [0.3, 0.4) is 0 Å². The molecule has 3 aromatic carbocycles. The van der Waals surface area contributed by atoms with E-state index in [1.54, 1.807) is 17.7 Å². The summed E-state index contributed by atoms with van der Waals surface area (Å²) in [6.07, 6.45) is 0. The zero-order valence-electron chi connectivity index (χ0n) is 18.3. The molecular weight excluding hydrogens is 416 g/mol. The lowest BCUT2D eigenvalue weighted by Crippen LogP contribution is -2.29. The van der Waals surface area contributed by atoms with Crippen LogP contribution < -0.4 is 10.4 Å². The van der Waals surface area contributed by atoms with E-state index >= 15 is 0 Å². The fourth-order valence-electron chi connectivity index (χ4n) is 4.28. The van der Waals surface area contributed by atoms with Crippen LogP contribution in [-0.4, -0.2) is 29.2 Å². The molecule has 0 saturated heterocycles. The molecule has 0 amide bonds. The van der Waals surface area contributed by atoms with Gasteiger partial charge in [0.25, 0.3) is 0 Å². The molecule has 0 aliphatic rings. The summed E-state index contributed by atoms with van der Waals surface area (Å²) in [6, 6.07) is 26.8. The summed E-state index contributed by atoms with van der Waals surface area (Å²) in [5, 5.41) is 0.805. The van der Waals surface area contributed by atoms with Crippen molar-refractivity contribution >= 4 is 22.4 Å². The summed E-state index contributed by atoms with van der Waals surface area (Å²) in [7, 11) is 2.92. The van der Waals surface area contributed by atoms with Gasteiger partial charge < -0.3 is 9.47 Å². The standard InChI is InChI=1S/C27H22N2O4/c1-32-20-13-14-23-22(15-20)25-21(19-11-7-4-8-12-19)16-24(26(30)33-2)29(25)27(31)28(23)17-18-9-5-3-6-10-18/h3-16H,17H2,1-2H3. The molecule has 0 unspecified atom stereocenters. The Balaban J connectivity index is 1.94. The Hall–Kier alpha value is -4.32. The quantitative estimate of drug-likeness (QED) is 0.371. The van der Waals surface area contributed by atoms with Crippen LogP contribution in [0.1, 0.15) is 16.1 Å². The molecule has 6 nitrogen and oxygen atoms in total. The van der Waals surface area contributed by atoms with Crippen molar-refractivity contribution in [1.82, 2.24) is 8.97 Å². The van der Waals surface area contributed by atoms with Crippen molar-refractivity contribution in [2.45, 2.75) is 6.54 Å². The lowest BCUT2D eigenvalue weighted by atomic mass is 10.0. The van der Waals surface area contributed by atoms with Gasteiger partial charge in [0, 0.05) is 10.9 Å². The van der Waals surface area contributed by atoms with E-state index in [9.17, 15) is 9.59 Å². The molecule has 5 rings (SSSR count). The number of ether oxygens (including phenoxy) is 2. The molecule has 0 aliphatic heterocycles. The van der Waals surface area contributed by atoms with Crippen molar-refractivity contribution in [2.75, 3.05) is 14.2 Å². The first-order chi connectivity index (χ1) is 16.1. The van der Waals surface area contributed by atoms with Gasteiger partial charge in [0.05, 0.1) is 31.8 Å². The Kier molecular flexibility index (Phi) is 5.18. The van der Waals surface area contributed by atoms with E-state index in [0.29, 0.717) is 17.8 Å². The van der Waals surface area contributed by atoms with Gasteiger partial charge in [-0.1, -0.05) is 60.7 Å². The number of carbonyl (C=O) groups excluding carboxylic acids is 1. The van der Waals surface area contributed by atoms with Crippen LogP contribution in [0.4, 0.5) is 0 Å². The van der Waals surface area contributed by atoms with Gasteiger partial charge in [-0.15, -0.1) is 0 Å². The maximum absolute atomic E-state index is 13.9. The number of hydrogen-bond acceptors (Lipinski definition) is 4. The zero-order valence-corrected chi connectivity index (χ0v) is 18.3. The van der Waals surface area contributed by atoms with Crippen LogP contribution in [0, 0.1) is 0 Å². The molecule has 164 valence electrons. The molecule has 33 heavy (non-hydrogen) atoms. The Morgan fingerprint density at radius 3 is 2.24 bits per heavy atom. The van der Waals surface area contributed by atoms with Crippen LogP contribution in [-0.2, 0) is 11.3 Å². The average Bonchev–Trinajstić information content (AvgIpc) is 3.28. The molecule has 0 atom stereocenters. The second-order valence-electron chi connectivity index (χ2n) is 7.72. The highest BCUT2D eigenvalue weighted by Crippen LogP contribution is 2.34. The second kappa shape index (κ2) is 8.31. The van der Waals surface area contributed by atoms with Crippen molar-refractivity contribution < 1.29 is 14.3 Å². The van der Waals surface area contributed by atoms with E-state index in [1.807, 2.05) is 78.9 Å². The van der Waals surface area contributed by atoms with E-state index in [-0.39, 0.29) is 11.4 Å². The molecule has 2 heterocycles. The van der Waals surface area contributed by atoms with Crippen LogP contribution in [0.2, 0.25) is 0 Å². The maximum Gasteiger partial charge on any atom is 0.355 e. The fourth-order valence-corrected chi connectivity index (χ4v) is 4.28. The summed E-state index contributed by atoms with van der Waals surface area (Å²) >= 11 is 0. The van der Waals surface area contributed by atoms with E-state index in [1.165, 1.54) is 11.5 Å². The maximum atomic E-state index is 13.9. The number of benzene rings is 3. The van der Waals surface area contributed by atoms with E-state index < -0.39 is 5.97 Å². The minimum atomic E-state index is -0.571. The van der Waals surface area contributed by atoms with Crippen molar-refractivity contribution in [3.63, 3.8) is 0 Å². The Morgan fingerprint density at radius 2 is 1.58 bits per heavy atom. The monoisotopic (exact) mass is 438 g/mol. The largest absolute Gasteiger partial charge is 0.497 e. The van der Waals surface area contributed by atoms with Gasteiger partial charge in [-0.2, -0.15) is 0 Å². The van der Waals surface area contributed by atoms with Crippen molar-refractivity contribution in [1.29, 1.82) is 0 Å². The number of methoxy groups -OCH3 is 2. The number of aromatic nitrogens is 2. The summed E-state index contributed by atoms with van der Waals surface area (Å²) in [5.41, 5.74) is 3.92. The van der Waals surface area contributed by atoms with E-state index in [4.69, 9.17) is 9.47 Å². The van der Waals surface area contributed by atoms with Gasteiger partial charge in [0.2, 0.25) is 0 Å². The Bertz CT molecular complexity index is 1530. The number of esters is 1. The molecule has 0 fully saturated rings. The number of hydrogen-bond donors (Lipinski definition) is 0. The fraction of sp³-hybridized carbons (Fsp3) is 0.111. The molecule has 0 radical (unpaired) electrons. The molecule has 0 bridgehead atoms. The van der Waals surface area contributed by atoms with Gasteiger partial charge in [0.15, 0.2) is 0 Å². The highest BCUT2D eigenvalue weighted by Gasteiger charge is 2.23. The molecule has 5 aromatic rings. The Morgan fingerprint density at radius 1 is 0.879 bits per heavy atom. The third-order valence-corrected chi connectivity index (χ3v) is 5.84. The first kappa shape index (κ1) is 20.6. The number of nitrogens with zero attached hydrogens (tertiary/aromatic N) is 2. The van der Waals surface area contributed by atoms with Crippen molar-refractivity contribution in [3.8, 4) is 16.9 Å². The first-order valence-corrected chi connectivity index (χ1v) is 10.6. The molecule has 0 N–H and O–H groups in total. The smallest absolute Gasteiger partial charge is 0.355 e. The summed E-state index contributed by atoms with van der Waals surface area (Å²) in [5.74, 6) is 0.0897. The molecular formula is C27H22N2O4. The van der Waals surface area contributed by atoms with Crippen LogP contribution in [0.25, 0.3) is 27.5 Å². The third kappa shape index (κ3) is 3.46. The summed E-state index contributed by atoms with van der Waals surface area (Å²) in [4.78, 5) is 26.6. The predicted molar refractivity (Wildman–Crippen MR) is 128 cm³/mol. The van der Waals surface area contributed by atoms with Gasteiger partial charge >= 0.3 is 11.7 Å². The Labute approximate surface area is 190 Å². The SMILES string of the molecule is COC(=O)c1cc(-c2ccccc2)c2c3cc(OC)ccc3n(Cc3ccccc3)c(=O)n12. The van der Waals surface area contributed by atoms with Crippen LogP contribution in [0.5, 0.6) is 5.75 Å². The molecule has 0 aliphatic carbocycles. The van der Waals surface area contributed by atoms with Crippen LogP contribution >= 0.6 is 0 Å². The van der Waals surface area contributed by atoms with Crippen LogP contribution in [0.15, 0.2) is 89.7 Å². The highest BCUT2D eigenvalue weighted by atomic mass is 16.5. The van der Waals surface area contributed by atoms with Crippen molar-refractivity contribution in [2.24, 2.45) is 0 Å². The number of fused-ring (bicyclic) bond motifs is 3. The lowest BCUT2D eigenvalue weighted by molar-refractivity contribution is 0.0592. The number of carbonyl (C=O) groups is 1. The summed E-state index contributed by atoms with van der Waals surface area (Å²) in [6.45, 7) is 0.359. The topological polar surface area (TPSA) is 61.9 Å². The van der Waals surface area contributed by atoms with Gasteiger partial charge in [-0.05, 0) is 35.4 Å². The first-order valence-electron chi connectivity index (χ1n) is 10.6. The van der Waals surface area contributed by atoms with Crippen molar-refractivity contribution in [3.05, 3.63) is 107 Å². The molecule has 6 heteroatoms. The third-order valence-electron chi connectivity index (χ3n) is 5.84. The van der Waals surface area contributed by atoms with E-state index in [0.717, 1.165) is 27.6 Å². The average molecular weight is 438 g/mol. The van der Waals surface area contributed by atoms with Gasteiger partial charge in [0.1, 0.15) is 11.4 Å². The van der Waals surface area contributed by atoms with Gasteiger partial charge in [-0.3, -0.25) is 8.97 Å². The normalized spacial score (nSPS) is 11.1. The minimum absolute atomic E-state index is 0.183. The highest BCUT2D eigenvalue weighted by molar-refractivity contribution is 6.06. The second-order valence-corrected chi connectivity index (χ2v) is 7.72. The number of rotatable bonds is 5. The van der Waals surface area contributed by atoms with E-state index in [2.05, 4.69) is 0 Å². The lowest BCUT2D eigenvalue weighted by Gasteiger charge is -2.15. The minimum Gasteiger partial charge on any atom is -0.497 e. The summed E-state index contributed by atoms with van der Waals surface area (Å²) < 4.78 is 13.7.